The molecule has 0 radical (unpaired) electrons. The topological polar surface area (TPSA) is 56.5 Å². The van der Waals surface area contributed by atoms with Crippen molar-refractivity contribution in [1.29, 1.82) is 0 Å². The lowest BCUT2D eigenvalue weighted by Crippen LogP contribution is -2.28. The van der Waals surface area contributed by atoms with Gasteiger partial charge in [-0.25, -0.2) is 0 Å². The Kier molecular flexibility index (Phi) is 5.60. The van der Waals surface area contributed by atoms with Gasteiger partial charge in [-0.1, -0.05) is 30.3 Å². The van der Waals surface area contributed by atoms with Crippen LogP contribution in [0.15, 0.2) is 48.5 Å². The van der Waals surface area contributed by atoms with Crippen LogP contribution in [0.2, 0.25) is 0 Å². The van der Waals surface area contributed by atoms with Gasteiger partial charge >= 0.3 is 0 Å². The van der Waals surface area contributed by atoms with Gasteiger partial charge in [0, 0.05) is 12.1 Å². The molecule has 2 rings (SSSR count). The minimum absolute atomic E-state index is 0.0502. The highest BCUT2D eigenvalue weighted by atomic mass is 16.5. The second-order valence-electron chi connectivity index (χ2n) is 4.89. The van der Waals surface area contributed by atoms with E-state index in [4.69, 9.17) is 15.3 Å². The van der Waals surface area contributed by atoms with Crippen LogP contribution in [0.5, 0.6) is 11.5 Å². The fourth-order valence-electron chi connectivity index (χ4n) is 2.33. The number of methoxy groups -OCH3 is 2. The molecule has 0 amide bonds. The summed E-state index contributed by atoms with van der Waals surface area (Å²) in [5.74, 6) is 7.26. The second kappa shape index (κ2) is 7.67. The normalized spacial score (nSPS) is 12.0. The summed E-state index contributed by atoms with van der Waals surface area (Å²) in [7, 11) is 3.29. The van der Waals surface area contributed by atoms with E-state index in [9.17, 15) is 0 Å². The summed E-state index contributed by atoms with van der Waals surface area (Å²) in [5, 5.41) is 0. The van der Waals surface area contributed by atoms with E-state index in [0.29, 0.717) is 0 Å². The molecule has 1 atom stereocenters. The van der Waals surface area contributed by atoms with Crippen molar-refractivity contribution in [1.82, 2.24) is 5.43 Å². The van der Waals surface area contributed by atoms with Crippen LogP contribution in [0, 0.1) is 0 Å². The fraction of sp³-hybridized carbons (Fsp3) is 0.294. The number of hydrogen-bond acceptors (Lipinski definition) is 4. The van der Waals surface area contributed by atoms with Crippen LogP contribution in [0.1, 0.15) is 23.6 Å². The van der Waals surface area contributed by atoms with Crippen molar-refractivity contribution in [3.63, 3.8) is 0 Å². The number of nitrogens with one attached hydrogen (secondary N) is 1. The smallest absolute Gasteiger partial charge is 0.122 e. The first-order valence-corrected chi connectivity index (χ1v) is 7.00. The summed E-state index contributed by atoms with van der Waals surface area (Å²) in [6, 6.07) is 16.2. The van der Waals surface area contributed by atoms with E-state index in [1.54, 1.807) is 14.2 Å². The second-order valence-corrected chi connectivity index (χ2v) is 4.89. The molecule has 0 aliphatic rings. The summed E-state index contributed by atoms with van der Waals surface area (Å²) in [4.78, 5) is 0. The third-order valence-electron chi connectivity index (χ3n) is 3.54. The molecule has 4 heteroatoms. The Balaban J connectivity index is 2.13. The highest BCUT2D eigenvalue weighted by molar-refractivity contribution is 5.39. The van der Waals surface area contributed by atoms with Crippen LogP contribution >= 0.6 is 0 Å². The Morgan fingerprint density at radius 3 is 2.14 bits per heavy atom. The maximum absolute atomic E-state index is 5.72. The van der Waals surface area contributed by atoms with Gasteiger partial charge in [-0.3, -0.25) is 11.3 Å². The van der Waals surface area contributed by atoms with Crippen LogP contribution in [0.4, 0.5) is 0 Å². The Morgan fingerprint density at radius 2 is 1.62 bits per heavy atom. The fourth-order valence-corrected chi connectivity index (χ4v) is 2.33. The molecule has 2 aromatic rings. The molecule has 4 nitrogen and oxygen atoms in total. The van der Waals surface area contributed by atoms with Crippen molar-refractivity contribution in [3.05, 3.63) is 59.7 Å². The van der Waals surface area contributed by atoms with Crippen LogP contribution in [0.25, 0.3) is 0 Å². The van der Waals surface area contributed by atoms with Gasteiger partial charge in [0.2, 0.25) is 0 Å². The number of hydrogen-bond donors (Lipinski definition) is 2. The van der Waals surface area contributed by atoms with Crippen LogP contribution in [0.3, 0.4) is 0 Å². The molecule has 0 spiro atoms. The Hall–Kier alpha value is -2.04. The van der Waals surface area contributed by atoms with Gasteiger partial charge in [-0.05, 0) is 36.1 Å². The van der Waals surface area contributed by atoms with Crippen molar-refractivity contribution in [2.75, 3.05) is 14.2 Å². The molecule has 1 unspecified atom stereocenters. The zero-order valence-electron chi connectivity index (χ0n) is 12.5. The molecular formula is C17H22N2O2. The molecule has 112 valence electrons. The van der Waals surface area contributed by atoms with Crippen molar-refractivity contribution in [2.45, 2.75) is 18.9 Å². The minimum Gasteiger partial charge on any atom is -0.497 e. The number of rotatable bonds is 7. The Morgan fingerprint density at radius 1 is 1.00 bits per heavy atom. The molecule has 21 heavy (non-hydrogen) atoms. The highest BCUT2D eigenvalue weighted by Gasteiger charge is 2.12. The number of aryl methyl sites for hydroxylation is 1. The van der Waals surface area contributed by atoms with E-state index >= 15 is 0 Å². The Bertz CT molecular complexity index is 536. The van der Waals surface area contributed by atoms with Gasteiger partial charge in [-0.15, -0.1) is 0 Å². The number of ether oxygens (including phenoxy) is 2. The quantitative estimate of drug-likeness (QED) is 0.607. The standard InChI is InChI=1S/C17H22N2O2/c1-20-15-10-14(11-16(12-15)21-2)17(19-18)9-8-13-6-4-3-5-7-13/h3-7,10-12,17,19H,8-9,18H2,1-2H3. The van der Waals surface area contributed by atoms with E-state index < -0.39 is 0 Å². The number of benzene rings is 2. The molecule has 0 fully saturated rings. The molecule has 2 aromatic carbocycles. The zero-order chi connectivity index (χ0) is 15.1. The average Bonchev–Trinajstić information content (AvgIpc) is 2.56. The van der Waals surface area contributed by atoms with Crippen LogP contribution < -0.4 is 20.7 Å². The highest BCUT2D eigenvalue weighted by Crippen LogP contribution is 2.28. The van der Waals surface area contributed by atoms with E-state index in [0.717, 1.165) is 29.9 Å². The van der Waals surface area contributed by atoms with Gasteiger partial charge < -0.3 is 9.47 Å². The first-order valence-electron chi connectivity index (χ1n) is 7.00. The van der Waals surface area contributed by atoms with Crippen molar-refractivity contribution >= 4 is 0 Å². The molecule has 0 aliphatic carbocycles. The van der Waals surface area contributed by atoms with Gasteiger partial charge in [0.1, 0.15) is 11.5 Å². The van der Waals surface area contributed by atoms with E-state index in [1.165, 1.54) is 5.56 Å². The Labute approximate surface area is 125 Å². The summed E-state index contributed by atoms with van der Waals surface area (Å²) in [6.45, 7) is 0. The molecular weight excluding hydrogens is 264 g/mol. The summed E-state index contributed by atoms with van der Waals surface area (Å²) in [5.41, 5.74) is 5.24. The summed E-state index contributed by atoms with van der Waals surface area (Å²) >= 11 is 0. The SMILES string of the molecule is COc1cc(OC)cc(C(CCc2ccccc2)NN)c1. The number of nitrogens with two attached hydrogens (primary N) is 1. The van der Waals surface area contributed by atoms with E-state index in [2.05, 4.69) is 29.7 Å². The molecule has 0 aliphatic heterocycles. The molecule has 0 aromatic heterocycles. The third kappa shape index (κ3) is 4.21. The molecule has 0 saturated carbocycles. The van der Waals surface area contributed by atoms with Crippen LogP contribution in [-0.4, -0.2) is 14.2 Å². The lowest BCUT2D eigenvalue weighted by molar-refractivity contribution is 0.391. The summed E-state index contributed by atoms with van der Waals surface area (Å²) in [6.07, 6.45) is 1.85. The predicted octanol–water partition coefficient (Wildman–Crippen LogP) is 2.84. The average molecular weight is 286 g/mol. The largest absolute Gasteiger partial charge is 0.497 e. The van der Waals surface area contributed by atoms with Crippen molar-refractivity contribution < 1.29 is 9.47 Å². The molecule has 0 bridgehead atoms. The summed E-state index contributed by atoms with van der Waals surface area (Å²) < 4.78 is 10.6. The first kappa shape index (κ1) is 15.4. The van der Waals surface area contributed by atoms with Gasteiger partial charge in [0.25, 0.3) is 0 Å². The van der Waals surface area contributed by atoms with Gasteiger partial charge in [-0.2, -0.15) is 0 Å². The predicted molar refractivity (Wildman–Crippen MR) is 84.4 cm³/mol. The van der Waals surface area contributed by atoms with E-state index in [1.807, 2.05) is 24.3 Å². The van der Waals surface area contributed by atoms with Gasteiger partial charge in [0.15, 0.2) is 0 Å². The minimum atomic E-state index is 0.0502. The first-order chi connectivity index (χ1) is 10.3. The van der Waals surface area contributed by atoms with Crippen molar-refractivity contribution in [2.24, 2.45) is 5.84 Å². The molecule has 0 saturated heterocycles. The maximum Gasteiger partial charge on any atom is 0.122 e. The monoisotopic (exact) mass is 286 g/mol. The van der Waals surface area contributed by atoms with Crippen molar-refractivity contribution in [3.8, 4) is 11.5 Å². The third-order valence-corrected chi connectivity index (χ3v) is 3.54. The lowest BCUT2D eigenvalue weighted by Gasteiger charge is -2.18. The zero-order valence-corrected chi connectivity index (χ0v) is 12.5. The lowest BCUT2D eigenvalue weighted by atomic mass is 9.99. The van der Waals surface area contributed by atoms with Crippen LogP contribution in [-0.2, 0) is 6.42 Å². The van der Waals surface area contributed by atoms with Gasteiger partial charge in [0.05, 0.1) is 14.2 Å². The molecule has 3 N–H and O–H groups in total. The molecule has 0 heterocycles. The maximum atomic E-state index is 5.72. The number of hydrazine groups is 1. The van der Waals surface area contributed by atoms with E-state index in [-0.39, 0.29) is 6.04 Å².